The van der Waals surface area contributed by atoms with Gasteiger partial charge in [0.25, 0.3) is 5.91 Å². The van der Waals surface area contributed by atoms with Crippen molar-refractivity contribution in [2.45, 2.75) is 26.2 Å². The summed E-state index contributed by atoms with van der Waals surface area (Å²) in [6.45, 7) is 2.40. The lowest BCUT2D eigenvalue weighted by molar-refractivity contribution is 0.0944. The number of nitrogens with one attached hydrogen (secondary N) is 1. The fraction of sp³-hybridized carbons (Fsp3) is 0.312. The van der Waals surface area contributed by atoms with E-state index < -0.39 is 0 Å². The number of carbonyl (C=O) groups is 1. The van der Waals surface area contributed by atoms with E-state index in [9.17, 15) is 4.79 Å². The molecule has 3 aromatic rings. The molecular weight excluding hydrogens is 310 g/mol. The first kappa shape index (κ1) is 15.9. The summed E-state index contributed by atoms with van der Waals surface area (Å²) in [7, 11) is 0. The Kier molecular flexibility index (Phi) is 4.95. The number of amides is 1. The van der Waals surface area contributed by atoms with Crippen molar-refractivity contribution >= 4 is 5.91 Å². The molecule has 0 saturated heterocycles. The average Bonchev–Trinajstić information content (AvgIpc) is 3.26. The van der Waals surface area contributed by atoms with Gasteiger partial charge in [0.15, 0.2) is 5.69 Å². The lowest BCUT2D eigenvalue weighted by Gasteiger charge is -1.99. The molecule has 8 nitrogen and oxygen atoms in total. The van der Waals surface area contributed by atoms with Gasteiger partial charge >= 0.3 is 0 Å². The summed E-state index contributed by atoms with van der Waals surface area (Å²) in [4.78, 5) is 20.3. The zero-order chi connectivity index (χ0) is 16.8. The fourth-order valence-corrected chi connectivity index (χ4v) is 2.13. The molecule has 0 atom stereocenters. The lowest BCUT2D eigenvalue weighted by atomic mass is 10.2. The Labute approximate surface area is 138 Å². The Balaban J connectivity index is 1.51. The van der Waals surface area contributed by atoms with E-state index in [0.29, 0.717) is 30.4 Å². The average molecular weight is 327 g/mol. The number of hydrogen-bond acceptors (Lipinski definition) is 7. The van der Waals surface area contributed by atoms with Crippen molar-refractivity contribution < 1.29 is 13.8 Å². The predicted octanol–water partition coefficient (Wildman–Crippen LogP) is 2.04. The maximum Gasteiger partial charge on any atom is 0.273 e. The number of aromatic nitrogens is 4. The lowest BCUT2D eigenvalue weighted by Crippen LogP contribution is -2.26. The van der Waals surface area contributed by atoms with Crippen molar-refractivity contribution in [1.82, 2.24) is 25.6 Å². The topological polar surface area (TPSA) is 107 Å². The van der Waals surface area contributed by atoms with Gasteiger partial charge in [0, 0.05) is 43.4 Å². The molecule has 8 heteroatoms. The minimum absolute atomic E-state index is 0.278. The highest BCUT2D eigenvalue weighted by Gasteiger charge is 2.13. The third kappa shape index (κ3) is 3.83. The summed E-state index contributed by atoms with van der Waals surface area (Å²) < 4.78 is 10.3. The van der Waals surface area contributed by atoms with Crippen LogP contribution in [0.1, 0.15) is 35.5 Å². The van der Waals surface area contributed by atoms with Crippen molar-refractivity contribution in [2.24, 2.45) is 0 Å². The van der Waals surface area contributed by atoms with Crippen molar-refractivity contribution in [3.8, 4) is 11.4 Å². The highest BCUT2D eigenvalue weighted by molar-refractivity contribution is 5.92. The van der Waals surface area contributed by atoms with Crippen LogP contribution in [0.15, 0.2) is 39.6 Å². The van der Waals surface area contributed by atoms with Gasteiger partial charge in [-0.3, -0.25) is 9.78 Å². The summed E-state index contributed by atoms with van der Waals surface area (Å²) in [6, 6.07) is 5.31. The Bertz CT molecular complexity index is 797. The molecule has 1 amide bonds. The third-order valence-electron chi connectivity index (χ3n) is 3.30. The van der Waals surface area contributed by atoms with Crippen LogP contribution in [0.5, 0.6) is 0 Å². The molecule has 3 rings (SSSR count). The van der Waals surface area contributed by atoms with Crippen LogP contribution >= 0.6 is 0 Å². The number of aryl methyl sites for hydroxylation is 1. The van der Waals surface area contributed by atoms with Crippen LogP contribution in [0, 0.1) is 0 Å². The van der Waals surface area contributed by atoms with Crippen LogP contribution in [0.2, 0.25) is 0 Å². The van der Waals surface area contributed by atoms with E-state index in [2.05, 4.69) is 25.6 Å². The van der Waals surface area contributed by atoms with E-state index in [0.717, 1.165) is 18.4 Å². The number of pyridine rings is 1. The molecule has 0 bridgehead atoms. The molecule has 0 fully saturated rings. The molecule has 3 aromatic heterocycles. The van der Waals surface area contributed by atoms with Crippen LogP contribution in [0.3, 0.4) is 0 Å². The molecule has 3 heterocycles. The number of nitrogens with zero attached hydrogens (tertiary/aromatic N) is 4. The highest BCUT2D eigenvalue weighted by Crippen LogP contribution is 2.13. The normalized spacial score (nSPS) is 10.7. The van der Waals surface area contributed by atoms with Crippen LogP contribution in [-0.2, 0) is 12.8 Å². The third-order valence-corrected chi connectivity index (χ3v) is 3.30. The fourth-order valence-electron chi connectivity index (χ4n) is 2.13. The molecule has 0 radical (unpaired) electrons. The number of hydrogen-bond donors (Lipinski definition) is 1. The molecule has 24 heavy (non-hydrogen) atoms. The molecule has 0 aliphatic carbocycles. The van der Waals surface area contributed by atoms with Gasteiger partial charge in [-0.25, -0.2) is 0 Å². The van der Waals surface area contributed by atoms with Gasteiger partial charge in [0.2, 0.25) is 11.7 Å². The van der Waals surface area contributed by atoms with Crippen molar-refractivity contribution in [1.29, 1.82) is 0 Å². The Morgan fingerprint density at radius 1 is 1.25 bits per heavy atom. The molecule has 0 aromatic carbocycles. The Morgan fingerprint density at radius 2 is 2.17 bits per heavy atom. The number of carbonyl (C=O) groups excluding carboxylic acids is 1. The van der Waals surface area contributed by atoms with Crippen molar-refractivity contribution in [3.05, 3.63) is 47.9 Å². The minimum Gasteiger partial charge on any atom is -0.361 e. The second kappa shape index (κ2) is 7.49. The molecule has 0 saturated carbocycles. The quantitative estimate of drug-likeness (QED) is 0.707. The van der Waals surface area contributed by atoms with E-state index >= 15 is 0 Å². The summed E-state index contributed by atoms with van der Waals surface area (Å²) in [5, 5.41) is 10.4. The Hall–Kier alpha value is -3.03. The monoisotopic (exact) mass is 327 g/mol. The molecular formula is C16H17N5O3. The summed E-state index contributed by atoms with van der Waals surface area (Å²) >= 11 is 0. The summed E-state index contributed by atoms with van der Waals surface area (Å²) in [6.07, 6.45) is 5.47. The van der Waals surface area contributed by atoms with Gasteiger partial charge in [-0.15, -0.1) is 0 Å². The molecule has 0 unspecified atom stereocenters. The van der Waals surface area contributed by atoms with Gasteiger partial charge in [-0.2, -0.15) is 4.98 Å². The molecule has 124 valence electrons. The molecule has 0 aliphatic heterocycles. The first-order valence-electron chi connectivity index (χ1n) is 7.73. The second-order valence-corrected chi connectivity index (χ2v) is 5.19. The van der Waals surface area contributed by atoms with Crippen LogP contribution in [-0.4, -0.2) is 32.7 Å². The zero-order valence-electron chi connectivity index (χ0n) is 13.2. The van der Waals surface area contributed by atoms with E-state index in [-0.39, 0.29) is 11.6 Å². The predicted molar refractivity (Wildman–Crippen MR) is 84.1 cm³/mol. The molecule has 1 N–H and O–H groups in total. The van der Waals surface area contributed by atoms with E-state index in [4.69, 9.17) is 9.05 Å². The van der Waals surface area contributed by atoms with Gasteiger partial charge in [-0.1, -0.05) is 17.2 Å². The van der Waals surface area contributed by atoms with E-state index in [1.165, 1.54) is 0 Å². The first-order chi connectivity index (χ1) is 11.8. The van der Waals surface area contributed by atoms with E-state index in [1.54, 1.807) is 24.5 Å². The van der Waals surface area contributed by atoms with Gasteiger partial charge in [0.1, 0.15) is 5.76 Å². The van der Waals surface area contributed by atoms with Crippen molar-refractivity contribution in [2.75, 3.05) is 6.54 Å². The maximum atomic E-state index is 12.0. The molecule has 0 spiro atoms. The van der Waals surface area contributed by atoms with E-state index in [1.807, 2.05) is 13.0 Å². The number of rotatable bonds is 7. The summed E-state index contributed by atoms with van der Waals surface area (Å²) in [5.41, 5.74) is 1.06. The standard InChI is InChI=1S/C16H17N5O3/c1-2-4-12-9-13(20-23-12)16(22)18-8-6-14-19-15(21-24-14)11-5-3-7-17-10-11/h3,5,7,9-10H,2,4,6,8H2,1H3,(H,18,22). The van der Waals surface area contributed by atoms with Gasteiger partial charge < -0.3 is 14.4 Å². The molecule has 0 aliphatic rings. The second-order valence-electron chi connectivity index (χ2n) is 5.19. The maximum absolute atomic E-state index is 12.0. The van der Waals surface area contributed by atoms with Crippen LogP contribution in [0.25, 0.3) is 11.4 Å². The van der Waals surface area contributed by atoms with Crippen LogP contribution in [0.4, 0.5) is 0 Å². The minimum atomic E-state index is -0.284. The van der Waals surface area contributed by atoms with Gasteiger partial charge in [-0.05, 0) is 18.6 Å². The smallest absolute Gasteiger partial charge is 0.273 e. The SMILES string of the molecule is CCCc1cc(C(=O)NCCc2nc(-c3cccnc3)no2)no1. The highest BCUT2D eigenvalue weighted by atomic mass is 16.5. The summed E-state index contributed by atoms with van der Waals surface area (Å²) in [5.74, 6) is 1.35. The van der Waals surface area contributed by atoms with Crippen molar-refractivity contribution in [3.63, 3.8) is 0 Å². The first-order valence-corrected chi connectivity index (χ1v) is 7.73. The van der Waals surface area contributed by atoms with Gasteiger partial charge in [0.05, 0.1) is 0 Å². The van der Waals surface area contributed by atoms with Crippen LogP contribution < -0.4 is 5.32 Å². The Morgan fingerprint density at radius 3 is 2.96 bits per heavy atom. The zero-order valence-corrected chi connectivity index (χ0v) is 13.2. The largest absolute Gasteiger partial charge is 0.361 e.